The van der Waals surface area contributed by atoms with Crippen molar-refractivity contribution in [1.29, 1.82) is 0 Å². The number of hydrogen-bond donors (Lipinski definition) is 1. The van der Waals surface area contributed by atoms with Crippen molar-refractivity contribution >= 4 is 17.4 Å². The van der Waals surface area contributed by atoms with Crippen molar-refractivity contribution in [3.8, 4) is 11.4 Å². The fourth-order valence-corrected chi connectivity index (χ4v) is 4.07. The molecule has 0 spiro atoms. The highest BCUT2D eigenvalue weighted by atomic mass is 19.1. The number of aryl methyl sites for hydroxylation is 3. The highest BCUT2D eigenvalue weighted by Gasteiger charge is 2.18. The van der Waals surface area contributed by atoms with Crippen molar-refractivity contribution in [3.63, 3.8) is 0 Å². The van der Waals surface area contributed by atoms with Gasteiger partial charge in [0.05, 0.1) is 5.69 Å². The monoisotopic (exact) mass is 434 g/mol. The predicted octanol–water partition coefficient (Wildman–Crippen LogP) is 5.03. The molecular formula is C25H27FN4O2. The number of hydrogen-bond acceptors (Lipinski definition) is 4. The molecule has 0 fully saturated rings. The van der Waals surface area contributed by atoms with E-state index in [-0.39, 0.29) is 24.3 Å². The molecule has 1 aliphatic heterocycles. The second kappa shape index (κ2) is 9.42. The van der Waals surface area contributed by atoms with E-state index in [4.69, 9.17) is 0 Å². The zero-order valence-electron chi connectivity index (χ0n) is 18.4. The lowest BCUT2D eigenvalue weighted by Crippen LogP contribution is -2.15. The zero-order valence-corrected chi connectivity index (χ0v) is 18.4. The molecule has 7 heteroatoms. The summed E-state index contributed by atoms with van der Waals surface area (Å²) >= 11 is 0. The lowest BCUT2D eigenvalue weighted by molar-refractivity contribution is -0.116. The number of benzene rings is 2. The number of aromatic nitrogens is 3. The maximum absolute atomic E-state index is 14.4. The van der Waals surface area contributed by atoms with Crippen molar-refractivity contribution in [1.82, 2.24) is 14.8 Å². The molecule has 4 rings (SSSR count). The molecule has 166 valence electrons. The average molecular weight is 435 g/mol. The maximum atomic E-state index is 14.4. The number of carbonyl (C=O) groups is 2. The van der Waals surface area contributed by atoms with E-state index in [9.17, 15) is 14.0 Å². The van der Waals surface area contributed by atoms with Gasteiger partial charge in [-0.2, -0.15) is 0 Å². The summed E-state index contributed by atoms with van der Waals surface area (Å²) in [5.74, 6) is 0.597. The maximum Gasteiger partial charge on any atom is 0.224 e. The quantitative estimate of drug-likeness (QED) is 0.552. The molecule has 0 aliphatic carbocycles. The van der Waals surface area contributed by atoms with E-state index in [0.717, 1.165) is 49.2 Å². The zero-order chi connectivity index (χ0) is 22.7. The fraction of sp³-hybridized carbons (Fsp3) is 0.360. The number of anilines is 1. The van der Waals surface area contributed by atoms with Gasteiger partial charge in [-0.1, -0.05) is 24.1 Å². The first-order valence-corrected chi connectivity index (χ1v) is 11.0. The second-order valence-electron chi connectivity index (χ2n) is 8.39. The molecule has 1 N–H and O–H groups in total. The van der Waals surface area contributed by atoms with Crippen LogP contribution in [0.3, 0.4) is 0 Å². The van der Waals surface area contributed by atoms with Crippen LogP contribution >= 0.6 is 0 Å². The number of fused-ring (bicyclic) bond motifs is 1. The summed E-state index contributed by atoms with van der Waals surface area (Å²) in [5, 5.41) is 11.2. The lowest BCUT2D eigenvalue weighted by Gasteiger charge is -2.11. The fourth-order valence-electron chi connectivity index (χ4n) is 4.07. The number of halogens is 1. The Morgan fingerprint density at radius 3 is 2.72 bits per heavy atom. The number of nitrogens with zero attached hydrogens (tertiary/aromatic N) is 3. The van der Waals surface area contributed by atoms with Gasteiger partial charge in [-0.25, -0.2) is 4.39 Å². The third kappa shape index (κ3) is 4.77. The highest BCUT2D eigenvalue weighted by Crippen LogP contribution is 2.27. The standard InChI is InChI=1S/C25H27FN4O2/c1-16-7-8-17(2)19(14-16)22(31)11-12-24(32)27-21-15-18(9-10-20(21)26)25-29-28-23-6-4-3-5-13-30(23)25/h7-10,14-15H,3-6,11-13H2,1-2H3,(H,27,32). The van der Waals surface area contributed by atoms with E-state index in [1.165, 1.54) is 6.07 Å². The summed E-state index contributed by atoms with van der Waals surface area (Å²) in [6, 6.07) is 10.2. The molecule has 0 atom stereocenters. The third-order valence-electron chi connectivity index (χ3n) is 5.88. The summed E-state index contributed by atoms with van der Waals surface area (Å²) in [5.41, 5.74) is 3.28. The van der Waals surface area contributed by atoms with Crippen LogP contribution in [-0.2, 0) is 17.8 Å². The molecule has 6 nitrogen and oxygen atoms in total. The third-order valence-corrected chi connectivity index (χ3v) is 5.88. The number of carbonyl (C=O) groups excluding carboxylic acids is 2. The largest absolute Gasteiger partial charge is 0.324 e. The van der Waals surface area contributed by atoms with Crippen LogP contribution in [0.4, 0.5) is 10.1 Å². The van der Waals surface area contributed by atoms with E-state index in [1.807, 2.05) is 32.0 Å². The minimum absolute atomic E-state index is 0.0176. The van der Waals surface area contributed by atoms with Gasteiger partial charge in [-0.05, 0) is 56.5 Å². The second-order valence-corrected chi connectivity index (χ2v) is 8.39. The summed E-state index contributed by atoms with van der Waals surface area (Å²) < 4.78 is 16.5. The molecule has 0 radical (unpaired) electrons. The molecule has 3 aromatic rings. The van der Waals surface area contributed by atoms with Gasteiger partial charge >= 0.3 is 0 Å². The Hall–Kier alpha value is -3.35. The van der Waals surface area contributed by atoms with E-state index in [0.29, 0.717) is 17.0 Å². The van der Waals surface area contributed by atoms with Crippen LogP contribution in [0, 0.1) is 19.7 Å². The Kier molecular flexibility index (Phi) is 6.44. The molecule has 1 aliphatic rings. The van der Waals surface area contributed by atoms with Crippen molar-refractivity contribution in [2.45, 2.75) is 58.9 Å². The molecule has 0 saturated carbocycles. The molecule has 0 saturated heterocycles. The lowest BCUT2D eigenvalue weighted by atomic mass is 9.99. The average Bonchev–Trinajstić information content (AvgIpc) is 3.03. The van der Waals surface area contributed by atoms with Crippen LogP contribution in [0.2, 0.25) is 0 Å². The molecule has 1 aromatic heterocycles. The van der Waals surface area contributed by atoms with Crippen LogP contribution in [0.5, 0.6) is 0 Å². The Labute approximate surface area is 186 Å². The molecule has 1 amide bonds. The normalized spacial score (nSPS) is 13.3. The van der Waals surface area contributed by atoms with Crippen molar-refractivity contribution in [2.24, 2.45) is 0 Å². The molecule has 32 heavy (non-hydrogen) atoms. The minimum Gasteiger partial charge on any atom is -0.324 e. The van der Waals surface area contributed by atoms with Gasteiger partial charge in [0.15, 0.2) is 11.6 Å². The predicted molar refractivity (Wildman–Crippen MR) is 121 cm³/mol. The van der Waals surface area contributed by atoms with Crippen molar-refractivity contribution in [2.75, 3.05) is 5.32 Å². The summed E-state index contributed by atoms with van der Waals surface area (Å²) in [6.45, 7) is 4.63. The topological polar surface area (TPSA) is 76.9 Å². The van der Waals surface area contributed by atoms with Gasteiger partial charge in [-0.15, -0.1) is 10.2 Å². The van der Waals surface area contributed by atoms with Gasteiger partial charge in [0, 0.05) is 36.9 Å². The first-order chi connectivity index (χ1) is 15.4. The molecule has 0 unspecified atom stereocenters. The van der Waals surface area contributed by atoms with Crippen LogP contribution in [0.1, 0.15) is 59.4 Å². The first-order valence-electron chi connectivity index (χ1n) is 11.0. The van der Waals surface area contributed by atoms with Crippen LogP contribution < -0.4 is 5.32 Å². The van der Waals surface area contributed by atoms with E-state index in [2.05, 4.69) is 20.1 Å². The number of amides is 1. The van der Waals surface area contributed by atoms with Gasteiger partial charge in [0.2, 0.25) is 5.91 Å². The minimum atomic E-state index is -0.529. The molecule has 2 heterocycles. The van der Waals surface area contributed by atoms with Crippen LogP contribution in [-0.4, -0.2) is 26.5 Å². The summed E-state index contributed by atoms with van der Waals surface area (Å²) in [7, 11) is 0. The molecule has 2 aromatic carbocycles. The Bertz CT molecular complexity index is 1170. The van der Waals surface area contributed by atoms with Crippen LogP contribution in [0.25, 0.3) is 11.4 Å². The van der Waals surface area contributed by atoms with Crippen molar-refractivity contribution < 1.29 is 14.0 Å². The number of nitrogens with one attached hydrogen (secondary N) is 1. The van der Waals surface area contributed by atoms with Gasteiger partial charge < -0.3 is 9.88 Å². The number of rotatable bonds is 6. The van der Waals surface area contributed by atoms with Crippen molar-refractivity contribution in [3.05, 3.63) is 64.7 Å². The van der Waals surface area contributed by atoms with E-state index >= 15 is 0 Å². The molecule has 0 bridgehead atoms. The Morgan fingerprint density at radius 2 is 1.88 bits per heavy atom. The Balaban J connectivity index is 1.45. The first kappa shape index (κ1) is 21.9. The van der Waals surface area contributed by atoms with E-state index < -0.39 is 11.7 Å². The summed E-state index contributed by atoms with van der Waals surface area (Å²) in [4.78, 5) is 25.0. The summed E-state index contributed by atoms with van der Waals surface area (Å²) in [6.07, 6.45) is 4.22. The molecular weight excluding hydrogens is 407 g/mol. The van der Waals surface area contributed by atoms with E-state index in [1.54, 1.807) is 12.1 Å². The number of ketones is 1. The van der Waals surface area contributed by atoms with Gasteiger partial charge in [0.25, 0.3) is 0 Å². The van der Waals surface area contributed by atoms with Gasteiger partial charge in [0.1, 0.15) is 11.6 Å². The van der Waals surface area contributed by atoms with Crippen LogP contribution in [0.15, 0.2) is 36.4 Å². The number of Topliss-reactive ketones (excluding diaryl/α,β-unsaturated/α-hetero) is 1. The smallest absolute Gasteiger partial charge is 0.224 e. The SMILES string of the molecule is Cc1ccc(C)c(C(=O)CCC(=O)Nc2cc(-c3nnc4n3CCCCC4)ccc2F)c1. The van der Waals surface area contributed by atoms with Gasteiger partial charge in [-0.3, -0.25) is 9.59 Å². The Morgan fingerprint density at radius 1 is 1.03 bits per heavy atom. The highest BCUT2D eigenvalue weighted by molar-refractivity contribution is 6.01.